The lowest BCUT2D eigenvalue weighted by atomic mass is 9.84. The third kappa shape index (κ3) is 4.14. The van der Waals surface area contributed by atoms with Crippen molar-refractivity contribution < 1.29 is 13.2 Å². The average Bonchev–Trinajstić information content (AvgIpc) is 3.01. The lowest BCUT2D eigenvalue weighted by Crippen LogP contribution is -2.45. The van der Waals surface area contributed by atoms with E-state index in [1.165, 1.54) is 0 Å². The Morgan fingerprint density at radius 3 is 2.24 bits per heavy atom. The van der Waals surface area contributed by atoms with Crippen LogP contribution in [0.15, 0.2) is 0 Å². The Morgan fingerprint density at radius 2 is 1.71 bits per heavy atom. The fourth-order valence-electron chi connectivity index (χ4n) is 2.78. The molecule has 2 rings (SSSR count). The summed E-state index contributed by atoms with van der Waals surface area (Å²) in [4.78, 5) is 1.61. The molecular weight excluding hydrogens is 229 g/mol. The first-order chi connectivity index (χ1) is 7.96. The zero-order chi connectivity index (χ0) is 12.5. The number of hydrogen-bond acceptors (Lipinski definition) is 2. The SMILES string of the molecule is NC1CCCCC1CN(CC(F)(F)F)C1CC1. The molecule has 2 aliphatic carbocycles. The van der Waals surface area contributed by atoms with Crippen LogP contribution in [0.25, 0.3) is 0 Å². The van der Waals surface area contributed by atoms with Crippen LogP contribution in [-0.2, 0) is 0 Å². The van der Waals surface area contributed by atoms with Crippen molar-refractivity contribution in [1.82, 2.24) is 4.90 Å². The molecule has 0 heterocycles. The van der Waals surface area contributed by atoms with E-state index in [0.717, 1.165) is 38.5 Å². The summed E-state index contributed by atoms with van der Waals surface area (Å²) in [5, 5.41) is 0. The van der Waals surface area contributed by atoms with Gasteiger partial charge in [0.05, 0.1) is 6.54 Å². The van der Waals surface area contributed by atoms with Crippen LogP contribution in [0, 0.1) is 5.92 Å². The number of alkyl halides is 3. The van der Waals surface area contributed by atoms with E-state index in [4.69, 9.17) is 5.73 Å². The van der Waals surface area contributed by atoms with Gasteiger partial charge in [0.1, 0.15) is 0 Å². The molecule has 100 valence electrons. The summed E-state index contributed by atoms with van der Waals surface area (Å²) in [6.45, 7) is -0.230. The van der Waals surface area contributed by atoms with Crippen molar-refractivity contribution in [2.45, 2.75) is 56.8 Å². The van der Waals surface area contributed by atoms with Gasteiger partial charge in [-0.2, -0.15) is 13.2 Å². The average molecular weight is 250 g/mol. The van der Waals surface area contributed by atoms with Gasteiger partial charge in [-0.1, -0.05) is 12.8 Å². The molecule has 0 aliphatic heterocycles. The smallest absolute Gasteiger partial charge is 0.327 e. The maximum absolute atomic E-state index is 12.5. The lowest BCUT2D eigenvalue weighted by Gasteiger charge is -2.34. The van der Waals surface area contributed by atoms with Crippen molar-refractivity contribution >= 4 is 0 Å². The third-order valence-corrected chi connectivity index (χ3v) is 3.88. The van der Waals surface area contributed by atoms with Crippen molar-refractivity contribution in [1.29, 1.82) is 0 Å². The van der Waals surface area contributed by atoms with Gasteiger partial charge in [0, 0.05) is 18.6 Å². The van der Waals surface area contributed by atoms with Crippen molar-refractivity contribution in [3.8, 4) is 0 Å². The first-order valence-electron chi connectivity index (χ1n) is 6.52. The zero-order valence-corrected chi connectivity index (χ0v) is 10.0. The summed E-state index contributed by atoms with van der Waals surface area (Å²) < 4.78 is 37.4. The standard InChI is InChI=1S/C12H21F3N2/c13-12(14,15)8-17(10-5-6-10)7-9-3-1-2-4-11(9)16/h9-11H,1-8,16H2. The van der Waals surface area contributed by atoms with Crippen molar-refractivity contribution in [2.24, 2.45) is 11.7 Å². The Balaban J connectivity index is 1.88. The highest BCUT2D eigenvalue weighted by Crippen LogP contribution is 2.33. The van der Waals surface area contributed by atoms with E-state index in [-0.39, 0.29) is 18.0 Å². The van der Waals surface area contributed by atoms with Crippen molar-refractivity contribution in [3.63, 3.8) is 0 Å². The number of hydrogen-bond donors (Lipinski definition) is 1. The summed E-state index contributed by atoms with van der Waals surface area (Å²) in [5.41, 5.74) is 6.00. The van der Waals surface area contributed by atoms with E-state index in [0.29, 0.717) is 6.54 Å². The van der Waals surface area contributed by atoms with Gasteiger partial charge in [-0.15, -0.1) is 0 Å². The molecule has 2 aliphatic rings. The van der Waals surface area contributed by atoms with Crippen LogP contribution in [-0.4, -0.2) is 36.2 Å². The highest BCUT2D eigenvalue weighted by Gasteiger charge is 2.39. The normalized spacial score (nSPS) is 30.9. The summed E-state index contributed by atoms with van der Waals surface area (Å²) in [7, 11) is 0. The fraction of sp³-hybridized carbons (Fsp3) is 1.00. The first-order valence-corrected chi connectivity index (χ1v) is 6.52. The van der Waals surface area contributed by atoms with E-state index in [1.54, 1.807) is 4.90 Å². The largest absolute Gasteiger partial charge is 0.401 e. The van der Waals surface area contributed by atoms with Gasteiger partial charge in [-0.25, -0.2) is 0 Å². The van der Waals surface area contributed by atoms with Crippen LogP contribution in [0.4, 0.5) is 13.2 Å². The Morgan fingerprint density at radius 1 is 1.06 bits per heavy atom. The minimum absolute atomic E-state index is 0.0956. The summed E-state index contributed by atoms with van der Waals surface area (Å²) in [5.74, 6) is 0.256. The van der Waals surface area contributed by atoms with E-state index in [1.807, 2.05) is 0 Å². The van der Waals surface area contributed by atoms with Gasteiger partial charge in [-0.3, -0.25) is 4.90 Å². The summed E-state index contributed by atoms with van der Waals surface area (Å²) >= 11 is 0. The van der Waals surface area contributed by atoms with Gasteiger partial charge >= 0.3 is 6.18 Å². The molecule has 2 fully saturated rings. The van der Waals surface area contributed by atoms with Gasteiger partial charge < -0.3 is 5.73 Å². The van der Waals surface area contributed by atoms with Crippen molar-refractivity contribution in [2.75, 3.05) is 13.1 Å². The first kappa shape index (κ1) is 13.1. The molecular formula is C12H21F3N2. The van der Waals surface area contributed by atoms with Crippen molar-refractivity contribution in [3.05, 3.63) is 0 Å². The molecule has 2 unspecified atom stereocenters. The van der Waals surface area contributed by atoms with Crippen LogP contribution in [0.5, 0.6) is 0 Å². The number of rotatable bonds is 4. The Bertz CT molecular complexity index is 251. The maximum Gasteiger partial charge on any atom is 0.401 e. The molecule has 2 atom stereocenters. The molecule has 2 nitrogen and oxygen atoms in total. The molecule has 0 aromatic heterocycles. The van der Waals surface area contributed by atoms with E-state index >= 15 is 0 Å². The van der Waals surface area contributed by atoms with E-state index < -0.39 is 12.7 Å². The van der Waals surface area contributed by atoms with E-state index in [9.17, 15) is 13.2 Å². The Labute approximate surface area is 100 Å². The van der Waals surface area contributed by atoms with Gasteiger partial charge in [-0.05, 0) is 31.6 Å². The highest BCUT2D eigenvalue weighted by atomic mass is 19.4. The van der Waals surface area contributed by atoms with Gasteiger partial charge in [0.15, 0.2) is 0 Å². The zero-order valence-electron chi connectivity index (χ0n) is 10.0. The topological polar surface area (TPSA) is 29.3 Å². The monoisotopic (exact) mass is 250 g/mol. The predicted molar refractivity (Wildman–Crippen MR) is 60.6 cm³/mol. The molecule has 0 bridgehead atoms. The second kappa shape index (κ2) is 5.14. The van der Waals surface area contributed by atoms with Gasteiger partial charge in [0.2, 0.25) is 0 Å². The maximum atomic E-state index is 12.5. The predicted octanol–water partition coefficient (Wildman–Crippen LogP) is 2.53. The van der Waals surface area contributed by atoms with Crippen LogP contribution in [0.2, 0.25) is 0 Å². The molecule has 0 aromatic rings. The summed E-state index contributed by atoms with van der Waals surface area (Å²) in [6.07, 6.45) is 1.94. The Hall–Kier alpha value is -0.290. The molecule has 5 heteroatoms. The number of nitrogens with two attached hydrogens (primary N) is 1. The minimum Gasteiger partial charge on any atom is -0.327 e. The fourth-order valence-corrected chi connectivity index (χ4v) is 2.78. The molecule has 0 radical (unpaired) electrons. The van der Waals surface area contributed by atoms with E-state index in [2.05, 4.69) is 0 Å². The Kier molecular flexibility index (Phi) is 3.98. The molecule has 17 heavy (non-hydrogen) atoms. The van der Waals surface area contributed by atoms with Crippen LogP contribution >= 0.6 is 0 Å². The van der Waals surface area contributed by atoms with Gasteiger partial charge in [0.25, 0.3) is 0 Å². The van der Waals surface area contributed by atoms with Crippen LogP contribution in [0.3, 0.4) is 0 Å². The molecule has 2 saturated carbocycles. The highest BCUT2D eigenvalue weighted by molar-refractivity contribution is 4.89. The molecule has 0 aromatic carbocycles. The number of halogens is 3. The lowest BCUT2D eigenvalue weighted by molar-refractivity contribution is -0.149. The molecule has 0 amide bonds. The quantitative estimate of drug-likeness (QED) is 0.830. The molecule has 0 spiro atoms. The third-order valence-electron chi connectivity index (χ3n) is 3.88. The second-order valence-electron chi connectivity index (χ2n) is 5.48. The second-order valence-corrected chi connectivity index (χ2v) is 5.48. The molecule has 0 saturated heterocycles. The molecule has 2 N–H and O–H groups in total. The number of nitrogens with zero attached hydrogens (tertiary/aromatic N) is 1. The van der Waals surface area contributed by atoms with Crippen LogP contribution < -0.4 is 5.73 Å². The minimum atomic E-state index is -4.08. The van der Waals surface area contributed by atoms with Crippen LogP contribution in [0.1, 0.15) is 38.5 Å². The summed E-state index contributed by atoms with van der Waals surface area (Å²) in [6, 6.07) is 0.254.